The van der Waals surface area contributed by atoms with Gasteiger partial charge < -0.3 is 5.32 Å². The standard InChI is InChI=1S/C19H21N3O/c1-3-6-14(2)21-19(23)15-9-11-16(12-10-15)22-13-20-17-7-4-5-8-18(17)22/h4-5,7-14H,3,6H2,1-2H3,(H,21,23)/t14-/m1/s1. The van der Waals surface area contributed by atoms with Gasteiger partial charge in [0.25, 0.3) is 5.91 Å². The fourth-order valence-corrected chi connectivity index (χ4v) is 2.75. The molecule has 4 heteroatoms. The summed E-state index contributed by atoms with van der Waals surface area (Å²) in [6, 6.07) is 15.8. The van der Waals surface area contributed by atoms with Crippen molar-refractivity contribution in [3.05, 3.63) is 60.4 Å². The van der Waals surface area contributed by atoms with Crippen molar-refractivity contribution < 1.29 is 4.79 Å². The van der Waals surface area contributed by atoms with Gasteiger partial charge in [-0.25, -0.2) is 4.98 Å². The molecule has 1 heterocycles. The lowest BCUT2D eigenvalue weighted by atomic mass is 10.1. The molecule has 0 aliphatic rings. The Morgan fingerprint density at radius 2 is 1.91 bits per heavy atom. The number of benzene rings is 2. The molecule has 3 aromatic rings. The van der Waals surface area contributed by atoms with Crippen molar-refractivity contribution in [2.24, 2.45) is 0 Å². The highest BCUT2D eigenvalue weighted by atomic mass is 16.1. The minimum atomic E-state index is -0.0204. The van der Waals surface area contributed by atoms with E-state index in [4.69, 9.17) is 0 Å². The number of hydrogen-bond donors (Lipinski definition) is 1. The molecule has 1 atom stereocenters. The van der Waals surface area contributed by atoms with E-state index in [2.05, 4.69) is 17.2 Å². The van der Waals surface area contributed by atoms with Gasteiger partial charge in [-0.05, 0) is 49.7 Å². The van der Waals surface area contributed by atoms with Crippen molar-refractivity contribution in [3.8, 4) is 5.69 Å². The summed E-state index contributed by atoms with van der Waals surface area (Å²) in [6.45, 7) is 4.15. The van der Waals surface area contributed by atoms with Crippen molar-refractivity contribution in [2.75, 3.05) is 0 Å². The summed E-state index contributed by atoms with van der Waals surface area (Å²) in [5.41, 5.74) is 3.70. The average molecular weight is 307 g/mol. The molecule has 4 nitrogen and oxygen atoms in total. The van der Waals surface area contributed by atoms with Gasteiger partial charge in [-0.2, -0.15) is 0 Å². The third-order valence-electron chi connectivity index (χ3n) is 3.96. The second-order valence-electron chi connectivity index (χ2n) is 5.81. The predicted molar refractivity (Wildman–Crippen MR) is 92.9 cm³/mol. The molecule has 3 rings (SSSR count). The maximum Gasteiger partial charge on any atom is 0.251 e. The number of nitrogens with one attached hydrogen (secondary N) is 1. The molecule has 0 aliphatic carbocycles. The minimum absolute atomic E-state index is 0.0204. The van der Waals surface area contributed by atoms with Crippen molar-refractivity contribution >= 4 is 16.9 Å². The monoisotopic (exact) mass is 307 g/mol. The third kappa shape index (κ3) is 3.26. The SMILES string of the molecule is CCC[C@@H](C)NC(=O)c1ccc(-n2cnc3ccccc32)cc1. The number of carbonyl (C=O) groups excluding carboxylic acids is 1. The number of nitrogens with zero attached hydrogens (tertiary/aromatic N) is 2. The van der Waals surface area contributed by atoms with E-state index in [9.17, 15) is 4.79 Å². The van der Waals surface area contributed by atoms with Gasteiger partial charge >= 0.3 is 0 Å². The molecule has 1 amide bonds. The molecule has 0 saturated heterocycles. The number of aromatic nitrogens is 2. The van der Waals surface area contributed by atoms with Crippen molar-refractivity contribution in [2.45, 2.75) is 32.7 Å². The van der Waals surface area contributed by atoms with E-state index in [0.717, 1.165) is 29.6 Å². The smallest absolute Gasteiger partial charge is 0.251 e. The van der Waals surface area contributed by atoms with Gasteiger partial charge in [0, 0.05) is 17.3 Å². The maximum absolute atomic E-state index is 12.2. The first-order valence-electron chi connectivity index (χ1n) is 8.02. The zero-order valence-corrected chi connectivity index (χ0v) is 13.5. The quantitative estimate of drug-likeness (QED) is 0.776. The lowest BCUT2D eigenvalue weighted by molar-refractivity contribution is 0.0938. The van der Waals surface area contributed by atoms with Gasteiger partial charge in [0.1, 0.15) is 6.33 Å². The average Bonchev–Trinajstić information content (AvgIpc) is 2.99. The van der Waals surface area contributed by atoms with Crippen molar-refractivity contribution in [3.63, 3.8) is 0 Å². The van der Waals surface area contributed by atoms with E-state index in [1.807, 2.05) is 66.3 Å². The molecule has 118 valence electrons. The minimum Gasteiger partial charge on any atom is -0.350 e. The molecule has 0 bridgehead atoms. The Labute approximate surface area is 136 Å². The second-order valence-corrected chi connectivity index (χ2v) is 5.81. The normalized spacial score (nSPS) is 12.3. The molecule has 0 saturated carbocycles. The van der Waals surface area contributed by atoms with Gasteiger partial charge in [-0.3, -0.25) is 9.36 Å². The molecule has 0 unspecified atom stereocenters. The van der Waals surface area contributed by atoms with Crippen LogP contribution in [0.2, 0.25) is 0 Å². The molecule has 1 aromatic heterocycles. The first kappa shape index (κ1) is 15.3. The van der Waals surface area contributed by atoms with Crippen LogP contribution in [0.5, 0.6) is 0 Å². The Kier molecular flexibility index (Phi) is 4.42. The number of hydrogen-bond acceptors (Lipinski definition) is 2. The van der Waals surface area contributed by atoms with Gasteiger partial charge in [0.05, 0.1) is 11.0 Å². The summed E-state index contributed by atoms with van der Waals surface area (Å²) in [5.74, 6) is -0.0204. The molecule has 0 aliphatic heterocycles. The Morgan fingerprint density at radius 3 is 2.65 bits per heavy atom. The van der Waals surface area contributed by atoms with Crippen LogP contribution < -0.4 is 5.32 Å². The Hall–Kier alpha value is -2.62. The number of amides is 1. The van der Waals surface area contributed by atoms with Crippen LogP contribution in [0.4, 0.5) is 0 Å². The van der Waals surface area contributed by atoms with Gasteiger partial charge in [-0.15, -0.1) is 0 Å². The first-order valence-corrected chi connectivity index (χ1v) is 8.02. The first-order chi connectivity index (χ1) is 11.2. The van der Waals surface area contributed by atoms with Crippen LogP contribution >= 0.6 is 0 Å². The van der Waals surface area contributed by atoms with Crippen molar-refractivity contribution in [1.29, 1.82) is 0 Å². The number of imidazole rings is 1. The van der Waals surface area contributed by atoms with Crippen LogP contribution in [0, 0.1) is 0 Å². The van der Waals surface area contributed by atoms with Crippen LogP contribution in [0.1, 0.15) is 37.0 Å². The molecular formula is C19H21N3O. The number of para-hydroxylation sites is 2. The van der Waals surface area contributed by atoms with E-state index in [1.54, 1.807) is 0 Å². The topological polar surface area (TPSA) is 46.9 Å². The summed E-state index contributed by atoms with van der Waals surface area (Å²) >= 11 is 0. The maximum atomic E-state index is 12.2. The summed E-state index contributed by atoms with van der Waals surface area (Å²) in [6.07, 6.45) is 3.86. The van der Waals surface area contributed by atoms with Crippen molar-refractivity contribution in [1.82, 2.24) is 14.9 Å². The van der Waals surface area contributed by atoms with E-state index < -0.39 is 0 Å². The fourth-order valence-electron chi connectivity index (χ4n) is 2.75. The van der Waals surface area contributed by atoms with Crippen LogP contribution in [0.15, 0.2) is 54.9 Å². The summed E-state index contributed by atoms with van der Waals surface area (Å²) in [5, 5.41) is 3.02. The predicted octanol–water partition coefficient (Wildman–Crippen LogP) is 3.94. The van der Waals surface area contributed by atoms with Gasteiger partial charge in [0.2, 0.25) is 0 Å². The molecular weight excluding hydrogens is 286 g/mol. The fraction of sp³-hybridized carbons (Fsp3) is 0.263. The summed E-state index contributed by atoms with van der Waals surface area (Å²) in [7, 11) is 0. The lowest BCUT2D eigenvalue weighted by Gasteiger charge is -2.13. The molecule has 0 fully saturated rings. The van der Waals surface area contributed by atoms with Crippen LogP contribution in [-0.4, -0.2) is 21.5 Å². The highest BCUT2D eigenvalue weighted by Gasteiger charge is 2.10. The van der Waals surface area contributed by atoms with E-state index in [1.165, 1.54) is 0 Å². The molecule has 0 radical (unpaired) electrons. The van der Waals surface area contributed by atoms with Crippen LogP contribution in [0.25, 0.3) is 16.7 Å². The molecule has 1 N–H and O–H groups in total. The lowest BCUT2D eigenvalue weighted by Crippen LogP contribution is -2.32. The van der Waals surface area contributed by atoms with Gasteiger partial charge in [-0.1, -0.05) is 25.5 Å². The van der Waals surface area contributed by atoms with E-state index in [-0.39, 0.29) is 11.9 Å². The number of carbonyl (C=O) groups is 1. The second kappa shape index (κ2) is 6.65. The Morgan fingerprint density at radius 1 is 1.17 bits per heavy atom. The largest absolute Gasteiger partial charge is 0.350 e. The third-order valence-corrected chi connectivity index (χ3v) is 3.96. The summed E-state index contributed by atoms with van der Waals surface area (Å²) < 4.78 is 2.02. The van der Waals surface area contributed by atoms with Gasteiger partial charge in [0.15, 0.2) is 0 Å². The Bertz CT molecular complexity index is 805. The number of rotatable bonds is 5. The Balaban J connectivity index is 1.81. The summed E-state index contributed by atoms with van der Waals surface area (Å²) in [4.78, 5) is 16.6. The number of fused-ring (bicyclic) bond motifs is 1. The molecule has 0 spiro atoms. The highest BCUT2D eigenvalue weighted by molar-refractivity contribution is 5.94. The zero-order valence-electron chi connectivity index (χ0n) is 13.5. The van der Waals surface area contributed by atoms with E-state index >= 15 is 0 Å². The zero-order chi connectivity index (χ0) is 16.2. The molecule has 23 heavy (non-hydrogen) atoms. The van der Waals surface area contributed by atoms with E-state index in [0.29, 0.717) is 5.56 Å². The van der Waals surface area contributed by atoms with Crippen LogP contribution in [-0.2, 0) is 0 Å². The van der Waals surface area contributed by atoms with Crippen LogP contribution in [0.3, 0.4) is 0 Å². The molecule has 2 aromatic carbocycles. The highest BCUT2D eigenvalue weighted by Crippen LogP contribution is 2.18.